The summed E-state index contributed by atoms with van der Waals surface area (Å²) in [7, 11) is -2.99. The van der Waals surface area contributed by atoms with Crippen LogP contribution in [0.1, 0.15) is 16.8 Å². The Morgan fingerprint density at radius 2 is 1.88 bits per heavy atom. The molecule has 0 heterocycles. The summed E-state index contributed by atoms with van der Waals surface area (Å²) in [6.45, 7) is 0.281. The highest BCUT2D eigenvalue weighted by molar-refractivity contribution is 7.90. The van der Waals surface area contributed by atoms with Gasteiger partial charge in [0.05, 0.1) is 5.75 Å². The first kappa shape index (κ1) is 13.6. The normalized spacial score (nSPS) is 11.2. The fourth-order valence-corrected chi connectivity index (χ4v) is 1.91. The maximum Gasteiger partial charge on any atom is 0.251 e. The Balaban J connectivity index is 2.38. The molecule has 0 unspecified atom stereocenters. The Morgan fingerprint density at radius 3 is 2.41 bits per heavy atom. The predicted octanol–water partition coefficient (Wildman–Crippen LogP) is 0.990. The SMILES string of the molecule is CS(=O)(=O)CCCNC(=O)c1ccc(F)cc1. The smallest absolute Gasteiger partial charge is 0.251 e. The van der Waals surface area contributed by atoms with E-state index in [2.05, 4.69) is 5.32 Å². The molecular formula is C11H14FNO3S. The van der Waals surface area contributed by atoms with Crippen molar-refractivity contribution in [2.75, 3.05) is 18.6 Å². The number of carbonyl (C=O) groups is 1. The lowest BCUT2D eigenvalue weighted by Gasteiger charge is -2.04. The van der Waals surface area contributed by atoms with E-state index in [1.54, 1.807) is 0 Å². The summed E-state index contributed by atoms with van der Waals surface area (Å²) in [5.41, 5.74) is 0.353. The second kappa shape index (κ2) is 5.77. The average molecular weight is 259 g/mol. The van der Waals surface area contributed by atoms with Gasteiger partial charge in [-0.15, -0.1) is 0 Å². The fraction of sp³-hybridized carbons (Fsp3) is 0.364. The van der Waals surface area contributed by atoms with Gasteiger partial charge in [-0.25, -0.2) is 12.8 Å². The summed E-state index contributed by atoms with van der Waals surface area (Å²) in [5.74, 6) is -0.700. The van der Waals surface area contributed by atoms with Gasteiger partial charge in [0.2, 0.25) is 0 Å². The number of benzene rings is 1. The number of nitrogens with one attached hydrogen (secondary N) is 1. The van der Waals surface area contributed by atoms with Crippen molar-refractivity contribution in [2.45, 2.75) is 6.42 Å². The van der Waals surface area contributed by atoms with Crippen molar-refractivity contribution in [1.29, 1.82) is 0 Å². The first-order valence-corrected chi connectivity index (χ1v) is 7.16. The first-order valence-electron chi connectivity index (χ1n) is 5.10. The standard InChI is InChI=1S/C11H14FNO3S/c1-17(15,16)8-2-7-13-11(14)9-3-5-10(12)6-4-9/h3-6H,2,7-8H2,1H3,(H,13,14). The van der Waals surface area contributed by atoms with Crippen molar-refractivity contribution < 1.29 is 17.6 Å². The van der Waals surface area contributed by atoms with Gasteiger partial charge in [0.15, 0.2) is 0 Å². The molecule has 0 bridgehead atoms. The fourth-order valence-electron chi connectivity index (χ4n) is 1.24. The Morgan fingerprint density at radius 1 is 1.29 bits per heavy atom. The van der Waals surface area contributed by atoms with Gasteiger partial charge < -0.3 is 5.32 Å². The van der Waals surface area contributed by atoms with E-state index < -0.39 is 15.7 Å². The molecule has 0 fully saturated rings. The maximum absolute atomic E-state index is 12.6. The van der Waals surface area contributed by atoms with E-state index in [4.69, 9.17) is 0 Å². The minimum atomic E-state index is -2.99. The largest absolute Gasteiger partial charge is 0.352 e. The molecular weight excluding hydrogens is 245 g/mol. The Bertz CT molecular complexity index is 482. The molecule has 1 rings (SSSR count). The summed E-state index contributed by atoms with van der Waals surface area (Å²) in [6, 6.07) is 5.15. The van der Waals surface area contributed by atoms with Gasteiger partial charge in [0, 0.05) is 18.4 Å². The second-order valence-corrected chi connectivity index (χ2v) is 6.01. The van der Waals surface area contributed by atoms with Crippen LogP contribution < -0.4 is 5.32 Å². The Hall–Kier alpha value is -1.43. The molecule has 1 aromatic rings. The van der Waals surface area contributed by atoms with Crippen LogP contribution in [0.4, 0.5) is 4.39 Å². The second-order valence-electron chi connectivity index (χ2n) is 3.75. The summed E-state index contributed by atoms with van der Waals surface area (Å²) in [6.07, 6.45) is 1.51. The molecule has 0 saturated heterocycles. The highest BCUT2D eigenvalue weighted by Crippen LogP contribution is 2.02. The maximum atomic E-state index is 12.6. The topological polar surface area (TPSA) is 63.2 Å². The van der Waals surface area contributed by atoms with Gasteiger partial charge in [0.1, 0.15) is 15.7 Å². The predicted molar refractivity (Wildman–Crippen MR) is 63.1 cm³/mol. The Kier molecular flexibility index (Phi) is 4.62. The molecule has 94 valence electrons. The van der Waals surface area contributed by atoms with E-state index in [-0.39, 0.29) is 18.2 Å². The molecule has 1 N–H and O–H groups in total. The summed E-state index contributed by atoms with van der Waals surface area (Å²) < 4.78 is 34.2. The lowest BCUT2D eigenvalue weighted by molar-refractivity contribution is 0.0953. The molecule has 4 nitrogen and oxygen atoms in total. The highest BCUT2D eigenvalue weighted by atomic mass is 32.2. The molecule has 0 aliphatic heterocycles. The van der Waals surface area contributed by atoms with Crippen molar-refractivity contribution in [3.8, 4) is 0 Å². The van der Waals surface area contributed by atoms with Crippen LogP contribution in [-0.4, -0.2) is 32.9 Å². The van der Waals surface area contributed by atoms with E-state index in [0.717, 1.165) is 6.26 Å². The highest BCUT2D eigenvalue weighted by Gasteiger charge is 2.06. The summed E-state index contributed by atoms with van der Waals surface area (Å²) >= 11 is 0. The van der Waals surface area contributed by atoms with Crippen LogP contribution in [0.3, 0.4) is 0 Å². The van der Waals surface area contributed by atoms with Gasteiger partial charge in [-0.2, -0.15) is 0 Å². The Labute approximate surface area is 99.8 Å². The monoisotopic (exact) mass is 259 g/mol. The van der Waals surface area contributed by atoms with Crippen LogP contribution in [0, 0.1) is 5.82 Å². The van der Waals surface area contributed by atoms with Crippen LogP contribution in [-0.2, 0) is 9.84 Å². The average Bonchev–Trinajstić information content (AvgIpc) is 2.24. The van der Waals surface area contributed by atoms with Gasteiger partial charge in [-0.05, 0) is 30.7 Å². The number of amides is 1. The van der Waals surface area contributed by atoms with E-state index >= 15 is 0 Å². The van der Waals surface area contributed by atoms with Crippen molar-refractivity contribution in [3.05, 3.63) is 35.6 Å². The van der Waals surface area contributed by atoms with Crippen LogP contribution in [0.5, 0.6) is 0 Å². The molecule has 0 aliphatic rings. The molecule has 1 amide bonds. The van der Waals surface area contributed by atoms with Gasteiger partial charge in [0.25, 0.3) is 5.91 Å². The molecule has 6 heteroatoms. The zero-order chi connectivity index (χ0) is 12.9. The third kappa shape index (κ3) is 5.44. The number of hydrogen-bond donors (Lipinski definition) is 1. The van der Waals surface area contributed by atoms with Gasteiger partial charge in [-0.3, -0.25) is 4.79 Å². The summed E-state index contributed by atoms with van der Waals surface area (Å²) in [5, 5.41) is 2.57. The molecule has 1 aromatic carbocycles. The summed E-state index contributed by atoms with van der Waals surface area (Å²) in [4.78, 5) is 11.5. The molecule has 0 atom stereocenters. The van der Waals surface area contributed by atoms with E-state index in [9.17, 15) is 17.6 Å². The number of carbonyl (C=O) groups excluding carboxylic acids is 1. The van der Waals surface area contributed by atoms with Crippen molar-refractivity contribution in [2.24, 2.45) is 0 Å². The molecule has 0 saturated carbocycles. The molecule has 0 radical (unpaired) electrons. The van der Waals surface area contributed by atoms with Crippen molar-refractivity contribution in [3.63, 3.8) is 0 Å². The van der Waals surface area contributed by atoms with E-state index in [1.165, 1.54) is 24.3 Å². The lowest BCUT2D eigenvalue weighted by Crippen LogP contribution is -2.25. The minimum absolute atomic E-state index is 0.0384. The van der Waals surface area contributed by atoms with Crippen LogP contribution in [0.15, 0.2) is 24.3 Å². The van der Waals surface area contributed by atoms with Crippen LogP contribution >= 0.6 is 0 Å². The number of hydrogen-bond acceptors (Lipinski definition) is 3. The van der Waals surface area contributed by atoms with Crippen LogP contribution in [0.2, 0.25) is 0 Å². The molecule has 0 spiro atoms. The number of sulfone groups is 1. The third-order valence-corrected chi connectivity index (χ3v) is 3.11. The lowest BCUT2D eigenvalue weighted by atomic mass is 10.2. The van der Waals surface area contributed by atoms with Crippen LogP contribution in [0.25, 0.3) is 0 Å². The molecule has 0 aromatic heterocycles. The molecule has 0 aliphatic carbocycles. The van der Waals surface area contributed by atoms with Gasteiger partial charge in [-0.1, -0.05) is 0 Å². The zero-order valence-corrected chi connectivity index (χ0v) is 10.3. The quantitative estimate of drug-likeness (QED) is 0.802. The van der Waals surface area contributed by atoms with Crippen molar-refractivity contribution >= 4 is 15.7 Å². The van der Waals surface area contributed by atoms with Gasteiger partial charge >= 0.3 is 0 Å². The van der Waals surface area contributed by atoms with Crippen molar-refractivity contribution in [1.82, 2.24) is 5.32 Å². The molecule has 17 heavy (non-hydrogen) atoms. The minimum Gasteiger partial charge on any atom is -0.352 e. The number of halogens is 1. The number of rotatable bonds is 5. The van der Waals surface area contributed by atoms with E-state index in [1.807, 2.05) is 0 Å². The van der Waals surface area contributed by atoms with E-state index in [0.29, 0.717) is 12.0 Å². The zero-order valence-electron chi connectivity index (χ0n) is 9.44. The first-order chi connectivity index (χ1) is 7.88. The third-order valence-electron chi connectivity index (χ3n) is 2.08.